The molecule has 0 atom stereocenters. The van der Waals surface area contributed by atoms with Crippen LogP contribution in [-0.4, -0.2) is 9.55 Å². The van der Waals surface area contributed by atoms with Crippen molar-refractivity contribution in [2.75, 3.05) is 0 Å². The Morgan fingerprint density at radius 3 is 2.62 bits per heavy atom. The minimum absolute atomic E-state index is 0.290. The molecule has 1 aromatic carbocycles. The molecule has 5 heteroatoms. The van der Waals surface area contributed by atoms with Crippen LogP contribution in [0.2, 0.25) is 0 Å². The number of imidazole rings is 1. The lowest BCUT2D eigenvalue weighted by Crippen LogP contribution is -1.97. The Hall–Kier alpha value is -0.940. The summed E-state index contributed by atoms with van der Waals surface area (Å²) in [6.45, 7) is 3.83. The number of hydrogen-bond acceptors (Lipinski definition) is 1. The van der Waals surface area contributed by atoms with E-state index in [2.05, 4.69) is 20.9 Å². The van der Waals surface area contributed by atoms with Crippen molar-refractivity contribution in [1.29, 1.82) is 0 Å². The summed E-state index contributed by atoms with van der Waals surface area (Å²) in [7, 11) is 0. The fraction of sp³-hybridized carbons (Fsp3) is 0.182. The molecule has 0 bridgehead atoms. The predicted molar refractivity (Wildman–Crippen MR) is 68.1 cm³/mol. The molecule has 84 valence electrons. The summed E-state index contributed by atoms with van der Waals surface area (Å²) in [6, 6.07) is 3.22. The van der Waals surface area contributed by atoms with Gasteiger partial charge in [0.05, 0.1) is 10.2 Å². The number of aromatic nitrogens is 2. The molecule has 0 amide bonds. The van der Waals surface area contributed by atoms with Crippen LogP contribution in [0.1, 0.15) is 11.3 Å². The fourth-order valence-electron chi connectivity index (χ4n) is 1.59. The van der Waals surface area contributed by atoms with E-state index in [1.165, 1.54) is 6.07 Å². The van der Waals surface area contributed by atoms with E-state index in [0.717, 1.165) is 16.9 Å². The minimum atomic E-state index is -0.290. The molecule has 1 N–H and O–H groups in total. The van der Waals surface area contributed by atoms with Gasteiger partial charge in [-0.15, -0.1) is 0 Å². The SMILES string of the molecule is Cc1cn(-c2cc(F)c(Br)cc2C)c(=S)[nH]1. The lowest BCUT2D eigenvalue weighted by Gasteiger charge is -2.07. The largest absolute Gasteiger partial charge is 0.335 e. The van der Waals surface area contributed by atoms with Gasteiger partial charge in [-0.05, 0) is 59.7 Å². The van der Waals surface area contributed by atoms with Gasteiger partial charge < -0.3 is 4.98 Å². The first-order chi connectivity index (χ1) is 7.49. The van der Waals surface area contributed by atoms with E-state index >= 15 is 0 Å². The highest BCUT2D eigenvalue weighted by molar-refractivity contribution is 9.10. The maximum atomic E-state index is 13.5. The van der Waals surface area contributed by atoms with Gasteiger partial charge in [0.2, 0.25) is 0 Å². The van der Waals surface area contributed by atoms with E-state index in [9.17, 15) is 4.39 Å². The molecule has 0 aliphatic rings. The molecule has 0 fully saturated rings. The first kappa shape index (κ1) is 11.5. The minimum Gasteiger partial charge on any atom is -0.335 e. The Labute approximate surface area is 106 Å². The number of halogens is 2. The fourth-order valence-corrected chi connectivity index (χ4v) is 2.36. The van der Waals surface area contributed by atoms with E-state index in [4.69, 9.17) is 12.2 Å². The molecule has 0 saturated heterocycles. The van der Waals surface area contributed by atoms with E-state index in [-0.39, 0.29) is 5.82 Å². The molecule has 0 aliphatic carbocycles. The molecule has 2 aromatic rings. The van der Waals surface area contributed by atoms with Crippen LogP contribution < -0.4 is 0 Å². The molecule has 0 spiro atoms. The normalized spacial score (nSPS) is 10.8. The number of aryl methyl sites for hydroxylation is 2. The number of hydrogen-bond donors (Lipinski definition) is 1. The molecule has 1 heterocycles. The van der Waals surface area contributed by atoms with E-state index in [1.54, 1.807) is 10.6 Å². The highest BCUT2D eigenvalue weighted by atomic mass is 79.9. The lowest BCUT2D eigenvalue weighted by atomic mass is 10.2. The van der Waals surface area contributed by atoms with Crippen LogP contribution in [-0.2, 0) is 0 Å². The average molecular weight is 301 g/mol. The second kappa shape index (κ2) is 4.14. The topological polar surface area (TPSA) is 20.7 Å². The highest BCUT2D eigenvalue weighted by Gasteiger charge is 2.08. The van der Waals surface area contributed by atoms with Crippen LogP contribution in [0.3, 0.4) is 0 Å². The summed E-state index contributed by atoms with van der Waals surface area (Å²) in [4.78, 5) is 3.01. The van der Waals surface area contributed by atoms with Crippen LogP contribution in [0.4, 0.5) is 4.39 Å². The van der Waals surface area contributed by atoms with Crippen LogP contribution in [0, 0.1) is 24.4 Å². The third-order valence-electron chi connectivity index (χ3n) is 2.34. The first-order valence-corrected chi connectivity index (χ1v) is 5.93. The lowest BCUT2D eigenvalue weighted by molar-refractivity contribution is 0.619. The zero-order valence-corrected chi connectivity index (χ0v) is 11.2. The molecule has 2 nitrogen and oxygen atoms in total. The third-order valence-corrected chi connectivity index (χ3v) is 3.25. The summed E-state index contributed by atoms with van der Waals surface area (Å²) in [5.41, 5.74) is 2.67. The third kappa shape index (κ3) is 1.97. The number of H-pyrrole nitrogens is 1. The molecule has 0 unspecified atom stereocenters. The molecule has 0 saturated carbocycles. The summed E-state index contributed by atoms with van der Waals surface area (Å²) in [5, 5.41) is 0. The van der Waals surface area contributed by atoms with E-state index in [0.29, 0.717) is 9.24 Å². The van der Waals surface area contributed by atoms with Crippen molar-refractivity contribution >= 4 is 28.1 Å². The number of rotatable bonds is 1. The smallest absolute Gasteiger partial charge is 0.181 e. The molecule has 0 aliphatic heterocycles. The van der Waals surface area contributed by atoms with Crippen molar-refractivity contribution in [1.82, 2.24) is 9.55 Å². The van der Waals surface area contributed by atoms with Crippen molar-refractivity contribution in [2.45, 2.75) is 13.8 Å². The molecular weight excluding hydrogens is 291 g/mol. The van der Waals surface area contributed by atoms with E-state index < -0.39 is 0 Å². The van der Waals surface area contributed by atoms with Gasteiger partial charge in [-0.2, -0.15) is 0 Å². The van der Waals surface area contributed by atoms with E-state index in [1.807, 2.05) is 20.0 Å². The monoisotopic (exact) mass is 300 g/mol. The number of nitrogens with one attached hydrogen (secondary N) is 1. The number of benzene rings is 1. The van der Waals surface area contributed by atoms with Crippen molar-refractivity contribution < 1.29 is 4.39 Å². The Balaban J connectivity index is 2.69. The molecule has 2 rings (SSSR count). The van der Waals surface area contributed by atoms with Crippen molar-refractivity contribution in [3.8, 4) is 5.69 Å². The van der Waals surface area contributed by atoms with Crippen LogP contribution in [0.5, 0.6) is 0 Å². The zero-order chi connectivity index (χ0) is 11.9. The Morgan fingerprint density at radius 2 is 2.06 bits per heavy atom. The predicted octanol–water partition coefficient (Wildman–Crippen LogP) is 4.05. The first-order valence-electron chi connectivity index (χ1n) is 4.73. The number of aromatic amines is 1. The quantitative estimate of drug-likeness (QED) is 0.788. The average Bonchev–Trinajstić information content (AvgIpc) is 2.51. The van der Waals surface area contributed by atoms with Gasteiger partial charge in [-0.1, -0.05) is 0 Å². The van der Waals surface area contributed by atoms with Gasteiger partial charge in [0, 0.05) is 11.9 Å². The molecular formula is C11H10BrFN2S. The van der Waals surface area contributed by atoms with Crippen LogP contribution in [0.25, 0.3) is 5.69 Å². The maximum absolute atomic E-state index is 13.5. The van der Waals surface area contributed by atoms with Gasteiger partial charge in [0.15, 0.2) is 4.77 Å². The van der Waals surface area contributed by atoms with Crippen LogP contribution in [0.15, 0.2) is 22.8 Å². The van der Waals surface area contributed by atoms with Gasteiger partial charge >= 0.3 is 0 Å². The Morgan fingerprint density at radius 1 is 1.38 bits per heavy atom. The summed E-state index contributed by atoms with van der Waals surface area (Å²) < 4.78 is 16.3. The maximum Gasteiger partial charge on any atom is 0.181 e. The Bertz CT molecular complexity index is 601. The van der Waals surface area contributed by atoms with Crippen LogP contribution >= 0.6 is 28.1 Å². The second-order valence-corrected chi connectivity index (χ2v) is 4.91. The van der Waals surface area contributed by atoms with Crippen molar-refractivity contribution in [2.24, 2.45) is 0 Å². The Kier molecular flexibility index (Phi) is 2.99. The molecule has 1 aromatic heterocycles. The van der Waals surface area contributed by atoms with Gasteiger partial charge in [-0.3, -0.25) is 4.57 Å². The summed E-state index contributed by atoms with van der Waals surface area (Å²) >= 11 is 8.32. The van der Waals surface area contributed by atoms with Gasteiger partial charge in [-0.25, -0.2) is 4.39 Å². The highest BCUT2D eigenvalue weighted by Crippen LogP contribution is 2.23. The van der Waals surface area contributed by atoms with Gasteiger partial charge in [0.1, 0.15) is 5.82 Å². The second-order valence-electron chi connectivity index (χ2n) is 3.67. The number of nitrogens with zero attached hydrogens (tertiary/aromatic N) is 1. The summed E-state index contributed by atoms with van der Waals surface area (Å²) in [6.07, 6.45) is 1.86. The standard InChI is InChI=1S/C11H10BrFN2S/c1-6-3-8(12)9(13)4-10(6)15-5-7(2)14-11(15)16/h3-5H,1-2H3,(H,14,16). The van der Waals surface area contributed by atoms with Crippen molar-refractivity contribution in [3.63, 3.8) is 0 Å². The van der Waals surface area contributed by atoms with Crippen molar-refractivity contribution in [3.05, 3.63) is 44.6 Å². The molecule has 16 heavy (non-hydrogen) atoms. The zero-order valence-electron chi connectivity index (χ0n) is 8.84. The molecule has 0 radical (unpaired) electrons. The van der Waals surface area contributed by atoms with Gasteiger partial charge in [0.25, 0.3) is 0 Å². The summed E-state index contributed by atoms with van der Waals surface area (Å²) in [5.74, 6) is -0.290.